The summed E-state index contributed by atoms with van der Waals surface area (Å²) in [6.07, 6.45) is 0. The molecule has 0 unspecified atom stereocenters. The quantitative estimate of drug-likeness (QED) is 0.768. The Balaban J connectivity index is 1.98. The maximum absolute atomic E-state index is 6.09. The van der Waals surface area contributed by atoms with Gasteiger partial charge in [0.15, 0.2) is 0 Å². The van der Waals surface area contributed by atoms with E-state index in [2.05, 4.69) is 5.32 Å². The molecule has 0 aliphatic carbocycles. The van der Waals surface area contributed by atoms with E-state index < -0.39 is 0 Å². The second-order valence-electron chi connectivity index (χ2n) is 4.05. The molecule has 0 aromatic heterocycles. The SMILES string of the molecule is Clc1ccc(CNCc2c(Cl)cccc2Cl)cc1Cl. The zero-order valence-electron chi connectivity index (χ0n) is 9.89. The summed E-state index contributed by atoms with van der Waals surface area (Å²) in [7, 11) is 0. The fourth-order valence-electron chi connectivity index (χ4n) is 1.68. The molecule has 0 heterocycles. The molecule has 0 spiro atoms. The van der Waals surface area contributed by atoms with Gasteiger partial charge >= 0.3 is 0 Å². The van der Waals surface area contributed by atoms with Crippen molar-refractivity contribution in [2.75, 3.05) is 0 Å². The Morgan fingerprint density at radius 2 is 1.42 bits per heavy atom. The van der Waals surface area contributed by atoms with Crippen LogP contribution in [0.1, 0.15) is 11.1 Å². The van der Waals surface area contributed by atoms with Gasteiger partial charge in [-0.05, 0) is 29.8 Å². The zero-order valence-corrected chi connectivity index (χ0v) is 12.9. The molecular weight excluding hydrogens is 324 g/mol. The lowest BCUT2D eigenvalue weighted by Crippen LogP contribution is -2.13. The van der Waals surface area contributed by atoms with E-state index in [0.29, 0.717) is 33.2 Å². The van der Waals surface area contributed by atoms with E-state index in [0.717, 1.165) is 11.1 Å². The van der Waals surface area contributed by atoms with Gasteiger partial charge in [-0.25, -0.2) is 0 Å². The summed E-state index contributed by atoms with van der Waals surface area (Å²) in [5, 5.41) is 5.71. The topological polar surface area (TPSA) is 12.0 Å². The highest BCUT2D eigenvalue weighted by atomic mass is 35.5. The first-order valence-corrected chi connectivity index (χ1v) is 7.16. The predicted molar refractivity (Wildman–Crippen MR) is 83.5 cm³/mol. The van der Waals surface area contributed by atoms with Crippen LogP contribution in [0.5, 0.6) is 0 Å². The van der Waals surface area contributed by atoms with E-state index in [1.807, 2.05) is 30.3 Å². The second-order valence-corrected chi connectivity index (χ2v) is 5.68. The molecule has 0 amide bonds. The van der Waals surface area contributed by atoms with Crippen LogP contribution in [0.25, 0.3) is 0 Å². The van der Waals surface area contributed by atoms with Crippen LogP contribution >= 0.6 is 46.4 Å². The molecule has 5 heteroatoms. The summed E-state index contributed by atoms with van der Waals surface area (Å²) >= 11 is 24.0. The summed E-state index contributed by atoms with van der Waals surface area (Å²) in [6, 6.07) is 11.0. The Morgan fingerprint density at radius 3 is 2.05 bits per heavy atom. The molecule has 0 fully saturated rings. The van der Waals surface area contributed by atoms with Crippen LogP contribution in [0.15, 0.2) is 36.4 Å². The van der Waals surface area contributed by atoms with E-state index >= 15 is 0 Å². The van der Waals surface area contributed by atoms with Gasteiger partial charge in [0, 0.05) is 28.7 Å². The molecule has 0 aliphatic rings. The van der Waals surface area contributed by atoms with Crippen molar-refractivity contribution in [3.63, 3.8) is 0 Å². The Bertz CT molecular complexity index is 563. The van der Waals surface area contributed by atoms with Gasteiger partial charge < -0.3 is 5.32 Å². The van der Waals surface area contributed by atoms with Gasteiger partial charge in [-0.3, -0.25) is 0 Å². The van der Waals surface area contributed by atoms with Crippen molar-refractivity contribution in [1.29, 1.82) is 0 Å². The first-order chi connectivity index (χ1) is 9.08. The molecule has 100 valence electrons. The van der Waals surface area contributed by atoms with Crippen molar-refractivity contribution in [2.45, 2.75) is 13.1 Å². The van der Waals surface area contributed by atoms with Crippen molar-refractivity contribution >= 4 is 46.4 Å². The van der Waals surface area contributed by atoms with E-state index in [-0.39, 0.29) is 0 Å². The summed E-state index contributed by atoms with van der Waals surface area (Å²) in [5.74, 6) is 0. The van der Waals surface area contributed by atoms with Gasteiger partial charge in [0.05, 0.1) is 10.0 Å². The van der Waals surface area contributed by atoms with Crippen LogP contribution < -0.4 is 5.32 Å². The summed E-state index contributed by atoms with van der Waals surface area (Å²) in [6.45, 7) is 1.26. The monoisotopic (exact) mass is 333 g/mol. The van der Waals surface area contributed by atoms with Crippen LogP contribution in [-0.4, -0.2) is 0 Å². The third kappa shape index (κ3) is 4.01. The average Bonchev–Trinajstić information content (AvgIpc) is 2.37. The Kier molecular flexibility index (Phi) is 5.37. The van der Waals surface area contributed by atoms with Crippen molar-refractivity contribution < 1.29 is 0 Å². The zero-order chi connectivity index (χ0) is 13.8. The highest BCUT2D eigenvalue weighted by Gasteiger charge is 2.05. The molecule has 0 saturated heterocycles. The van der Waals surface area contributed by atoms with E-state index in [1.54, 1.807) is 6.07 Å². The normalized spacial score (nSPS) is 10.7. The average molecular weight is 335 g/mol. The van der Waals surface area contributed by atoms with Crippen LogP contribution in [0.3, 0.4) is 0 Å². The number of halogens is 4. The largest absolute Gasteiger partial charge is 0.309 e. The molecular formula is C14H11Cl4N. The van der Waals surface area contributed by atoms with Gasteiger partial charge in [-0.1, -0.05) is 58.5 Å². The Labute approximate surface area is 132 Å². The lowest BCUT2D eigenvalue weighted by molar-refractivity contribution is 0.694. The molecule has 0 aliphatic heterocycles. The van der Waals surface area contributed by atoms with E-state index in [9.17, 15) is 0 Å². The van der Waals surface area contributed by atoms with Crippen molar-refractivity contribution in [3.8, 4) is 0 Å². The Hall–Kier alpha value is -0.440. The lowest BCUT2D eigenvalue weighted by Gasteiger charge is -2.09. The van der Waals surface area contributed by atoms with Crippen LogP contribution in [-0.2, 0) is 13.1 Å². The van der Waals surface area contributed by atoms with Crippen molar-refractivity contribution in [3.05, 3.63) is 67.6 Å². The fraction of sp³-hybridized carbons (Fsp3) is 0.143. The first-order valence-electron chi connectivity index (χ1n) is 5.65. The predicted octanol–water partition coefficient (Wildman–Crippen LogP) is 5.59. The molecule has 0 radical (unpaired) electrons. The minimum absolute atomic E-state index is 0.553. The van der Waals surface area contributed by atoms with Crippen molar-refractivity contribution in [2.24, 2.45) is 0 Å². The number of nitrogens with one attached hydrogen (secondary N) is 1. The molecule has 2 aromatic carbocycles. The van der Waals surface area contributed by atoms with Gasteiger partial charge in [-0.2, -0.15) is 0 Å². The van der Waals surface area contributed by atoms with Gasteiger partial charge in [-0.15, -0.1) is 0 Å². The molecule has 0 saturated carbocycles. The molecule has 1 nitrogen and oxygen atoms in total. The maximum Gasteiger partial charge on any atom is 0.0595 e. The maximum atomic E-state index is 6.09. The molecule has 19 heavy (non-hydrogen) atoms. The first kappa shape index (κ1) is 15.0. The van der Waals surface area contributed by atoms with Crippen molar-refractivity contribution in [1.82, 2.24) is 5.32 Å². The second kappa shape index (κ2) is 6.83. The Morgan fingerprint density at radius 1 is 0.737 bits per heavy atom. The third-order valence-electron chi connectivity index (χ3n) is 2.68. The lowest BCUT2D eigenvalue weighted by atomic mass is 10.2. The van der Waals surface area contributed by atoms with Gasteiger partial charge in [0.25, 0.3) is 0 Å². The number of rotatable bonds is 4. The standard InChI is InChI=1S/C14H11Cl4N/c15-11-2-1-3-12(16)10(11)8-19-7-9-4-5-13(17)14(18)6-9/h1-6,19H,7-8H2. The van der Waals surface area contributed by atoms with Gasteiger partial charge in [0.2, 0.25) is 0 Å². The highest BCUT2D eigenvalue weighted by Crippen LogP contribution is 2.25. The molecule has 2 rings (SSSR count). The fourth-order valence-corrected chi connectivity index (χ4v) is 2.53. The van der Waals surface area contributed by atoms with E-state index in [4.69, 9.17) is 46.4 Å². The molecule has 1 N–H and O–H groups in total. The summed E-state index contributed by atoms with van der Waals surface area (Å²) < 4.78 is 0. The minimum Gasteiger partial charge on any atom is -0.309 e. The number of hydrogen-bond acceptors (Lipinski definition) is 1. The van der Waals surface area contributed by atoms with E-state index in [1.165, 1.54) is 0 Å². The van der Waals surface area contributed by atoms with Crippen LogP contribution in [0.4, 0.5) is 0 Å². The minimum atomic E-state index is 0.553. The number of benzene rings is 2. The van der Waals surface area contributed by atoms with Gasteiger partial charge in [0.1, 0.15) is 0 Å². The summed E-state index contributed by atoms with van der Waals surface area (Å²) in [5.41, 5.74) is 1.95. The van der Waals surface area contributed by atoms with Crippen LogP contribution in [0.2, 0.25) is 20.1 Å². The highest BCUT2D eigenvalue weighted by molar-refractivity contribution is 6.42. The molecule has 2 aromatic rings. The smallest absolute Gasteiger partial charge is 0.0595 e. The third-order valence-corrected chi connectivity index (χ3v) is 4.12. The number of hydrogen-bond donors (Lipinski definition) is 1. The summed E-state index contributed by atoms with van der Waals surface area (Å²) in [4.78, 5) is 0. The van der Waals surface area contributed by atoms with Crippen LogP contribution in [0, 0.1) is 0 Å². The molecule has 0 bridgehead atoms. The molecule has 0 atom stereocenters.